The molecular formula is C20H18N2O5S. The molecule has 1 aliphatic heterocycles. The molecule has 1 fully saturated rings. The van der Waals surface area contributed by atoms with E-state index in [1.54, 1.807) is 36.4 Å². The molecule has 1 aromatic heterocycles. The van der Waals surface area contributed by atoms with Crippen molar-refractivity contribution < 1.29 is 22.4 Å². The second kappa shape index (κ2) is 7.82. The standard InChI is InChI=1S/C20H18N2O5S/c1-13(23)14-2-4-15(5-3-14)19-7-6-18(27-19)10-16(11-21)20(24)22-17-8-9-28(25,26)12-17/h2-7,10,17H,8-9,12H2,1H3,(H,22,24)/b16-10+. The highest BCUT2D eigenvalue weighted by Gasteiger charge is 2.29. The molecule has 144 valence electrons. The lowest BCUT2D eigenvalue weighted by molar-refractivity contribution is -0.117. The summed E-state index contributed by atoms with van der Waals surface area (Å²) < 4.78 is 28.6. The number of furan rings is 1. The predicted octanol–water partition coefficient (Wildman–Crippen LogP) is 2.36. The Hall–Kier alpha value is -3.18. The van der Waals surface area contributed by atoms with Crippen LogP contribution in [0, 0.1) is 11.3 Å². The number of amides is 1. The molecule has 1 N–H and O–H groups in total. The van der Waals surface area contributed by atoms with Crippen molar-refractivity contribution in [2.24, 2.45) is 0 Å². The zero-order chi connectivity index (χ0) is 20.3. The van der Waals surface area contributed by atoms with Gasteiger partial charge in [-0.05, 0) is 25.5 Å². The number of nitrogens with one attached hydrogen (secondary N) is 1. The van der Waals surface area contributed by atoms with E-state index in [2.05, 4.69) is 5.32 Å². The summed E-state index contributed by atoms with van der Waals surface area (Å²) in [4.78, 5) is 23.6. The van der Waals surface area contributed by atoms with Crippen molar-refractivity contribution in [3.8, 4) is 17.4 Å². The summed E-state index contributed by atoms with van der Waals surface area (Å²) in [6.07, 6.45) is 1.65. The fourth-order valence-corrected chi connectivity index (χ4v) is 4.59. The second-order valence-corrected chi connectivity index (χ2v) is 8.81. The average Bonchev–Trinajstić information content (AvgIpc) is 3.25. The number of carbonyl (C=O) groups is 2. The Bertz CT molecular complexity index is 1090. The van der Waals surface area contributed by atoms with Crippen molar-refractivity contribution in [2.75, 3.05) is 11.5 Å². The summed E-state index contributed by atoms with van der Waals surface area (Å²) in [6.45, 7) is 1.49. The second-order valence-electron chi connectivity index (χ2n) is 6.58. The monoisotopic (exact) mass is 398 g/mol. The molecule has 1 amide bonds. The van der Waals surface area contributed by atoms with Crippen LogP contribution in [0.2, 0.25) is 0 Å². The number of ketones is 1. The molecule has 1 unspecified atom stereocenters. The van der Waals surface area contributed by atoms with Gasteiger partial charge in [-0.2, -0.15) is 5.26 Å². The Kier molecular flexibility index (Phi) is 5.47. The molecule has 0 radical (unpaired) electrons. The molecule has 1 atom stereocenters. The van der Waals surface area contributed by atoms with Crippen LogP contribution in [0.3, 0.4) is 0 Å². The molecular weight excluding hydrogens is 380 g/mol. The maximum absolute atomic E-state index is 12.3. The van der Waals surface area contributed by atoms with E-state index in [1.807, 2.05) is 6.07 Å². The summed E-state index contributed by atoms with van der Waals surface area (Å²) in [5.74, 6) is 0.103. The Morgan fingerprint density at radius 1 is 1.21 bits per heavy atom. The molecule has 0 aliphatic carbocycles. The summed E-state index contributed by atoms with van der Waals surface area (Å²) >= 11 is 0. The van der Waals surface area contributed by atoms with Crippen LogP contribution < -0.4 is 5.32 Å². The quantitative estimate of drug-likeness (QED) is 0.469. The average molecular weight is 398 g/mol. The largest absolute Gasteiger partial charge is 0.457 e. The van der Waals surface area contributed by atoms with Crippen molar-refractivity contribution in [1.29, 1.82) is 5.26 Å². The Morgan fingerprint density at radius 2 is 1.93 bits per heavy atom. The number of hydrogen-bond acceptors (Lipinski definition) is 6. The zero-order valence-electron chi connectivity index (χ0n) is 15.1. The van der Waals surface area contributed by atoms with E-state index in [9.17, 15) is 23.3 Å². The minimum atomic E-state index is -3.12. The van der Waals surface area contributed by atoms with E-state index in [1.165, 1.54) is 13.0 Å². The summed E-state index contributed by atoms with van der Waals surface area (Å²) in [7, 11) is -3.12. The van der Waals surface area contributed by atoms with Crippen LogP contribution in [0.15, 0.2) is 46.4 Å². The highest BCUT2D eigenvalue weighted by Crippen LogP contribution is 2.24. The van der Waals surface area contributed by atoms with Gasteiger partial charge in [0.1, 0.15) is 23.2 Å². The number of sulfone groups is 1. The lowest BCUT2D eigenvalue weighted by Gasteiger charge is -2.09. The van der Waals surface area contributed by atoms with Gasteiger partial charge < -0.3 is 9.73 Å². The molecule has 0 bridgehead atoms. The fraction of sp³-hybridized carbons (Fsp3) is 0.250. The number of nitriles is 1. The predicted molar refractivity (Wildman–Crippen MR) is 103 cm³/mol. The van der Waals surface area contributed by atoms with Crippen molar-refractivity contribution in [3.05, 3.63) is 53.3 Å². The first-order valence-corrected chi connectivity index (χ1v) is 10.4. The van der Waals surface area contributed by atoms with Crippen LogP contribution in [0.1, 0.15) is 29.5 Å². The van der Waals surface area contributed by atoms with Gasteiger partial charge in [-0.15, -0.1) is 0 Å². The Balaban J connectivity index is 1.74. The van der Waals surface area contributed by atoms with E-state index >= 15 is 0 Å². The molecule has 28 heavy (non-hydrogen) atoms. The smallest absolute Gasteiger partial charge is 0.262 e. The molecule has 1 saturated heterocycles. The van der Waals surface area contributed by atoms with E-state index in [0.29, 0.717) is 23.5 Å². The van der Waals surface area contributed by atoms with Gasteiger partial charge in [0.15, 0.2) is 15.6 Å². The molecule has 8 heteroatoms. The molecule has 3 rings (SSSR count). The third kappa shape index (κ3) is 4.56. The summed E-state index contributed by atoms with van der Waals surface area (Å²) in [6, 6.07) is 11.5. The van der Waals surface area contributed by atoms with E-state index in [4.69, 9.17) is 4.42 Å². The van der Waals surface area contributed by atoms with Crippen molar-refractivity contribution in [1.82, 2.24) is 5.32 Å². The van der Waals surface area contributed by atoms with Gasteiger partial charge in [-0.25, -0.2) is 8.42 Å². The number of hydrogen-bond donors (Lipinski definition) is 1. The lowest BCUT2D eigenvalue weighted by Crippen LogP contribution is -2.36. The third-order valence-corrected chi connectivity index (χ3v) is 6.19. The number of carbonyl (C=O) groups excluding carboxylic acids is 2. The van der Waals surface area contributed by atoms with E-state index in [-0.39, 0.29) is 22.9 Å². The van der Waals surface area contributed by atoms with Gasteiger partial charge in [-0.1, -0.05) is 24.3 Å². The summed E-state index contributed by atoms with van der Waals surface area (Å²) in [5.41, 5.74) is 1.17. The van der Waals surface area contributed by atoms with Crippen molar-refractivity contribution >= 4 is 27.6 Å². The van der Waals surface area contributed by atoms with Crippen LogP contribution in [0.5, 0.6) is 0 Å². The van der Waals surface area contributed by atoms with Gasteiger partial charge in [0, 0.05) is 23.2 Å². The molecule has 1 aromatic carbocycles. The first-order chi connectivity index (χ1) is 13.3. The number of nitrogens with zero attached hydrogens (tertiary/aromatic N) is 1. The van der Waals surface area contributed by atoms with E-state index in [0.717, 1.165) is 5.56 Å². The van der Waals surface area contributed by atoms with Crippen LogP contribution in [-0.2, 0) is 14.6 Å². The van der Waals surface area contributed by atoms with Gasteiger partial charge >= 0.3 is 0 Å². The highest BCUT2D eigenvalue weighted by atomic mass is 32.2. The van der Waals surface area contributed by atoms with Gasteiger partial charge in [0.2, 0.25) is 0 Å². The molecule has 2 aromatic rings. The number of Topliss-reactive ketones (excluding diaryl/α,β-unsaturated/α-hetero) is 1. The van der Waals surface area contributed by atoms with Gasteiger partial charge in [0.05, 0.1) is 11.5 Å². The maximum atomic E-state index is 12.3. The van der Waals surface area contributed by atoms with Gasteiger partial charge in [0.25, 0.3) is 5.91 Å². The molecule has 0 saturated carbocycles. The molecule has 2 heterocycles. The molecule has 0 spiro atoms. The van der Waals surface area contributed by atoms with Crippen molar-refractivity contribution in [3.63, 3.8) is 0 Å². The van der Waals surface area contributed by atoms with Crippen molar-refractivity contribution in [2.45, 2.75) is 19.4 Å². The first-order valence-electron chi connectivity index (χ1n) is 8.62. The van der Waals surface area contributed by atoms with Crippen LogP contribution >= 0.6 is 0 Å². The van der Waals surface area contributed by atoms with Gasteiger partial charge in [-0.3, -0.25) is 9.59 Å². The third-order valence-electron chi connectivity index (χ3n) is 4.42. The van der Waals surface area contributed by atoms with Crippen LogP contribution in [0.25, 0.3) is 17.4 Å². The lowest BCUT2D eigenvalue weighted by atomic mass is 10.1. The first kappa shape index (κ1) is 19.6. The van der Waals surface area contributed by atoms with E-state index < -0.39 is 21.8 Å². The minimum Gasteiger partial charge on any atom is -0.457 e. The van der Waals surface area contributed by atoms with Crippen LogP contribution in [-0.4, -0.2) is 37.7 Å². The Labute approximate surface area is 162 Å². The summed E-state index contributed by atoms with van der Waals surface area (Å²) in [5, 5.41) is 11.8. The topological polar surface area (TPSA) is 117 Å². The Morgan fingerprint density at radius 3 is 2.50 bits per heavy atom. The van der Waals surface area contributed by atoms with Crippen LogP contribution in [0.4, 0.5) is 0 Å². The molecule has 1 aliphatic rings. The number of benzene rings is 1. The number of rotatable bonds is 5. The SMILES string of the molecule is CC(=O)c1ccc(-c2ccc(/C=C(\C#N)C(=O)NC3CCS(=O)(=O)C3)o2)cc1. The maximum Gasteiger partial charge on any atom is 0.262 e. The highest BCUT2D eigenvalue weighted by molar-refractivity contribution is 7.91. The molecule has 7 nitrogen and oxygen atoms in total. The zero-order valence-corrected chi connectivity index (χ0v) is 16.0. The fourth-order valence-electron chi connectivity index (χ4n) is 2.92. The normalized spacial score (nSPS) is 18.4. The minimum absolute atomic E-state index is 0.0330.